The first kappa shape index (κ1) is 29.4. The second-order valence-corrected chi connectivity index (χ2v) is 11.4. The molecule has 1 amide bonds. The van der Waals surface area contributed by atoms with Crippen LogP contribution in [0.2, 0.25) is 0 Å². The second kappa shape index (κ2) is 12.1. The van der Waals surface area contributed by atoms with Crippen molar-refractivity contribution in [3.63, 3.8) is 0 Å². The number of halogens is 2. The van der Waals surface area contributed by atoms with Crippen LogP contribution in [-0.4, -0.2) is 89.1 Å². The van der Waals surface area contributed by atoms with Gasteiger partial charge in [0.15, 0.2) is 11.6 Å². The van der Waals surface area contributed by atoms with E-state index in [2.05, 4.69) is 26.3 Å². The minimum Gasteiger partial charge on any atom is -0.462 e. The van der Waals surface area contributed by atoms with Gasteiger partial charge in [-0.25, -0.2) is 15.4 Å². The molecule has 9 nitrogen and oxygen atoms in total. The van der Waals surface area contributed by atoms with E-state index in [0.717, 1.165) is 35.7 Å². The predicted molar refractivity (Wildman–Crippen MR) is 166 cm³/mol. The number of piperazine rings is 1. The topological polar surface area (TPSA) is 79.1 Å². The highest BCUT2D eigenvalue weighted by Crippen LogP contribution is 2.36. The second-order valence-electron chi connectivity index (χ2n) is 11.4. The van der Waals surface area contributed by atoms with E-state index in [0.29, 0.717) is 23.4 Å². The smallest absolute Gasteiger partial charge is 0.319 e. The van der Waals surface area contributed by atoms with Gasteiger partial charge in [0.25, 0.3) is 5.91 Å². The fourth-order valence-corrected chi connectivity index (χ4v) is 6.33. The molecule has 2 aliphatic rings. The number of ether oxygens (including phenoxy) is 1. The van der Waals surface area contributed by atoms with Crippen molar-refractivity contribution in [2.75, 3.05) is 51.3 Å². The van der Waals surface area contributed by atoms with Crippen LogP contribution in [0.15, 0.2) is 55.0 Å². The van der Waals surface area contributed by atoms with Gasteiger partial charge in [0.1, 0.15) is 29.7 Å². The van der Waals surface area contributed by atoms with Crippen molar-refractivity contribution in [2.24, 2.45) is 0 Å². The van der Waals surface area contributed by atoms with Crippen molar-refractivity contribution in [3.05, 3.63) is 77.8 Å². The van der Waals surface area contributed by atoms with Crippen LogP contribution in [-0.2, 0) is 4.79 Å². The van der Waals surface area contributed by atoms with Crippen molar-refractivity contribution in [1.82, 2.24) is 24.8 Å². The fraction of sp³-hybridized carbons (Fsp3) is 0.364. The lowest BCUT2D eigenvalue weighted by molar-refractivity contribution is -0.131. The number of fused-ring (bicyclic) bond motifs is 2. The van der Waals surface area contributed by atoms with Gasteiger partial charge in [-0.05, 0) is 49.7 Å². The number of nitrogens with zero attached hydrogens (tertiary/aromatic N) is 7. The number of likely N-dealkylation sites (N-methyl/N-ethyl adjacent to an activating group) is 1. The minimum atomic E-state index is -1.07. The number of aromatic nitrogens is 3. The summed E-state index contributed by atoms with van der Waals surface area (Å²) in [4.78, 5) is 35.2. The number of pyridine rings is 1. The maximum atomic E-state index is 16.6. The Labute approximate surface area is 254 Å². The monoisotopic (exact) mass is 597 g/mol. The number of benzene rings is 2. The Hall–Kier alpha value is -4.69. The number of hydrogen-bond donors (Lipinski definition) is 0. The third-order valence-corrected chi connectivity index (χ3v) is 8.67. The Morgan fingerprint density at radius 2 is 1.95 bits per heavy atom. The standard InChI is InChI=1S/C33H33F2N7O2/c1-20-8-5-9-22-10-6-12-25(27(20)22)29-28(35)30-26(17-37-29)31(39-33(38-30)44-19-23-11-7-13-40(23)4)41-14-15-42(32(43)21(2)34)24(18-41)16-36-3/h5-6,8-10,12,17,23-24H,2,7,11,13-16,18-19H2,1,4H3/t23-,24-/m0/s1. The first-order valence-corrected chi connectivity index (χ1v) is 14.7. The van der Waals surface area contributed by atoms with Gasteiger partial charge < -0.3 is 24.3 Å². The maximum absolute atomic E-state index is 16.6. The maximum Gasteiger partial charge on any atom is 0.319 e. The summed E-state index contributed by atoms with van der Waals surface area (Å²) in [7, 11) is 2.04. The fourth-order valence-electron chi connectivity index (χ4n) is 6.33. The van der Waals surface area contributed by atoms with Gasteiger partial charge in [-0.1, -0.05) is 43.0 Å². The molecule has 0 unspecified atom stereocenters. The number of carbonyl (C=O) groups is 1. The van der Waals surface area contributed by atoms with Crippen LogP contribution in [0, 0.1) is 19.3 Å². The summed E-state index contributed by atoms with van der Waals surface area (Å²) in [6, 6.07) is 11.3. The van der Waals surface area contributed by atoms with Crippen LogP contribution in [0.25, 0.3) is 37.8 Å². The van der Waals surface area contributed by atoms with Crippen molar-refractivity contribution in [2.45, 2.75) is 31.8 Å². The normalized spacial score (nSPS) is 19.0. The number of anilines is 1. The molecule has 2 fully saturated rings. The Morgan fingerprint density at radius 3 is 2.68 bits per heavy atom. The SMILES string of the molecule is [C-]#[N+]C[C@H]1CN(c2nc(OC[C@@H]3CCCN3C)nc3c(F)c(-c4cccc5cccc(C)c45)ncc23)CCN1C(=O)C(=C)F. The van der Waals surface area contributed by atoms with Crippen LogP contribution >= 0.6 is 0 Å². The van der Waals surface area contributed by atoms with E-state index in [1.807, 2.05) is 55.3 Å². The third kappa shape index (κ3) is 5.42. The van der Waals surface area contributed by atoms with Crippen LogP contribution in [0.3, 0.4) is 0 Å². The minimum absolute atomic E-state index is 0.0346. The van der Waals surface area contributed by atoms with E-state index in [-0.39, 0.29) is 49.4 Å². The first-order chi connectivity index (χ1) is 21.3. The highest BCUT2D eigenvalue weighted by molar-refractivity contribution is 6.00. The molecule has 2 aromatic heterocycles. The van der Waals surface area contributed by atoms with Gasteiger partial charge in [-0.2, -0.15) is 9.97 Å². The first-order valence-electron chi connectivity index (χ1n) is 14.7. The van der Waals surface area contributed by atoms with Crippen molar-refractivity contribution in [3.8, 4) is 17.3 Å². The van der Waals surface area contributed by atoms with Crippen LogP contribution in [0.5, 0.6) is 6.01 Å². The Kier molecular flexibility index (Phi) is 8.10. The largest absolute Gasteiger partial charge is 0.462 e. The van der Waals surface area contributed by atoms with Gasteiger partial charge in [0.2, 0.25) is 6.54 Å². The predicted octanol–water partition coefficient (Wildman–Crippen LogP) is 5.19. The molecule has 2 saturated heterocycles. The van der Waals surface area contributed by atoms with Gasteiger partial charge in [-0.15, -0.1) is 0 Å². The van der Waals surface area contributed by atoms with E-state index < -0.39 is 23.6 Å². The van der Waals surface area contributed by atoms with E-state index in [1.165, 1.54) is 4.90 Å². The molecule has 11 heteroatoms. The lowest BCUT2D eigenvalue weighted by Crippen LogP contribution is -2.56. The molecule has 226 valence electrons. The van der Waals surface area contributed by atoms with Crippen molar-refractivity contribution < 1.29 is 18.3 Å². The highest BCUT2D eigenvalue weighted by atomic mass is 19.1. The van der Waals surface area contributed by atoms with Gasteiger partial charge >= 0.3 is 6.01 Å². The molecule has 2 aromatic carbocycles. The zero-order chi connectivity index (χ0) is 31.0. The Balaban J connectivity index is 1.45. The van der Waals surface area contributed by atoms with Gasteiger partial charge in [0.05, 0.1) is 5.39 Å². The molecule has 6 rings (SSSR count). The number of amides is 1. The number of carbonyl (C=O) groups excluding carboxylic acids is 1. The summed E-state index contributed by atoms with van der Waals surface area (Å²) >= 11 is 0. The molecular weight excluding hydrogens is 564 g/mol. The molecular formula is C33H33F2N7O2. The van der Waals surface area contributed by atoms with E-state index in [9.17, 15) is 9.18 Å². The quantitative estimate of drug-likeness (QED) is 0.215. The lowest BCUT2D eigenvalue weighted by atomic mass is 9.97. The molecule has 2 atom stereocenters. The molecule has 0 saturated carbocycles. The van der Waals surface area contributed by atoms with Crippen molar-refractivity contribution >= 4 is 33.4 Å². The van der Waals surface area contributed by atoms with E-state index in [4.69, 9.17) is 16.3 Å². The summed E-state index contributed by atoms with van der Waals surface area (Å²) in [5.74, 6) is -2.11. The summed E-state index contributed by atoms with van der Waals surface area (Å²) in [5, 5.41) is 2.27. The average Bonchev–Trinajstić information content (AvgIpc) is 3.44. The average molecular weight is 598 g/mol. The highest BCUT2D eigenvalue weighted by Gasteiger charge is 2.35. The summed E-state index contributed by atoms with van der Waals surface area (Å²) < 4.78 is 36.5. The van der Waals surface area contributed by atoms with Gasteiger partial charge in [-0.3, -0.25) is 9.78 Å². The molecule has 0 bridgehead atoms. The van der Waals surface area contributed by atoms with Crippen LogP contribution < -0.4 is 9.64 Å². The molecule has 2 aliphatic heterocycles. The lowest BCUT2D eigenvalue weighted by Gasteiger charge is -2.39. The van der Waals surface area contributed by atoms with E-state index >= 15 is 4.39 Å². The molecule has 0 spiro atoms. The molecule has 0 aliphatic carbocycles. The van der Waals surface area contributed by atoms with Crippen molar-refractivity contribution in [1.29, 1.82) is 0 Å². The number of rotatable bonds is 7. The number of likely N-dealkylation sites (tertiary alicyclic amines) is 1. The van der Waals surface area contributed by atoms with E-state index in [1.54, 1.807) is 6.20 Å². The molecule has 0 radical (unpaired) electrons. The molecule has 4 heterocycles. The summed E-state index contributed by atoms with van der Waals surface area (Å²) in [6.45, 7) is 14.4. The number of aryl methyl sites for hydroxylation is 1. The summed E-state index contributed by atoms with van der Waals surface area (Å²) in [6.07, 6.45) is 3.62. The Bertz CT molecular complexity index is 1800. The third-order valence-electron chi connectivity index (χ3n) is 8.67. The van der Waals surface area contributed by atoms with Gasteiger partial charge in [0, 0.05) is 37.4 Å². The number of hydrogen-bond acceptors (Lipinski definition) is 7. The van der Waals surface area contributed by atoms with Crippen LogP contribution in [0.1, 0.15) is 18.4 Å². The zero-order valence-corrected chi connectivity index (χ0v) is 24.8. The summed E-state index contributed by atoms with van der Waals surface area (Å²) in [5.41, 5.74) is 1.90. The molecule has 44 heavy (non-hydrogen) atoms. The zero-order valence-electron chi connectivity index (χ0n) is 24.8. The molecule has 0 N–H and O–H groups in total. The Morgan fingerprint density at radius 1 is 1.16 bits per heavy atom. The van der Waals surface area contributed by atoms with Crippen LogP contribution in [0.4, 0.5) is 14.6 Å². The molecule has 4 aromatic rings.